The number of carboxylic acids is 1. The second kappa shape index (κ2) is 7.07. The fourth-order valence-corrected chi connectivity index (χ4v) is 1.48. The summed E-state index contributed by atoms with van der Waals surface area (Å²) < 4.78 is 15.4. The number of ether oxygens (including phenoxy) is 3. The van der Waals surface area contributed by atoms with Gasteiger partial charge in [-0.25, -0.2) is 4.79 Å². The predicted molar refractivity (Wildman–Crippen MR) is 70.8 cm³/mol. The highest BCUT2D eigenvalue weighted by atomic mass is 16.5. The van der Waals surface area contributed by atoms with Crippen LogP contribution in [0.15, 0.2) is 12.1 Å². The van der Waals surface area contributed by atoms with Crippen LogP contribution in [-0.4, -0.2) is 45.0 Å². The molecule has 0 bridgehead atoms. The first-order valence-corrected chi connectivity index (χ1v) is 5.58. The minimum atomic E-state index is -1.13. The molecule has 0 saturated heterocycles. The first kappa shape index (κ1) is 15.4. The lowest BCUT2D eigenvalue weighted by atomic mass is 10.2. The van der Waals surface area contributed by atoms with Crippen LogP contribution in [0.3, 0.4) is 0 Å². The second-order valence-corrected chi connectivity index (χ2v) is 3.62. The van der Waals surface area contributed by atoms with Crippen molar-refractivity contribution < 1.29 is 28.9 Å². The van der Waals surface area contributed by atoms with Crippen LogP contribution in [0.2, 0.25) is 0 Å². The van der Waals surface area contributed by atoms with Crippen molar-refractivity contribution in [2.45, 2.75) is 0 Å². The molecule has 0 spiro atoms. The summed E-state index contributed by atoms with van der Waals surface area (Å²) in [5.74, 6) is 0.0114. The third-order valence-corrected chi connectivity index (χ3v) is 2.32. The molecule has 0 aliphatic rings. The van der Waals surface area contributed by atoms with Crippen molar-refractivity contribution in [1.29, 1.82) is 0 Å². The fourth-order valence-electron chi connectivity index (χ4n) is 1.48. The zero-order valence-electron chi connectivity index (χ0n) is 11.4. The Morgan fingerprint density at radius 2 is 1.65 bits per heavy atom. The Bertz CT molecular complexity index is 478. The number of methoxy groups -OCH3 is 3. The number of amides is 2. The predicted octanol–water partition coefficient (Wildman–Crippen LogP) is 0.918. The van der Waals surface area contributed by atoms with E-state index in [9.17, 15) is 9.59 Å². The molecule has 2 amide bonds. The quantitative estimate of drug-likeness (QED) is 0.717. The van der Waals surface area contributed by atoms with E-state index in [4.69, 9.17) is 19.3 Å². The van der Waals surface area contributed by atoms with Crippen LogP contribution < -0.4 is 24.8 Å². The molecule has 0 atom stereocenters. The number of carboxylic acid groups (broad SMARTS) is 1. The lowest BCUT2D eigenvalue weighted by Gasteiger charge is -2.14. The summed E-state index contributed by atoms with van der Waals surface area (Å²) in [6.07, 6.45) is 0. The molecule has 0 saturated carbocycles. The maximum absolute atomic E-state index is 11.5. The maximum atomic E-state index is 11.5. The number of rotatable bonds is 6. The highest BCUT2D eigenvalue weighted by molar-refractivity contribution is 5.92. The van der Waals surface area contributed by atoms with E-state index >= 15 is 0 Å². The number of aliphatic carboxylic acids is 1. The van der Waals surface area contributed by atoms with Crippen LogP contribution in [0, 0.1) is 0 Å². The minimum Gasteiger partial charge on any atom is -0.493 e. The van der Waals surface area contributed by atoms with Crippen LogP contribution in [-0.2, 0) is 4.79 Å². The van der Waals surface area contributed by atoms with Crippen molar-refractivity contribution in [1.82, 2.24) is 5.32 Å². The van der Waals surface area contributed by atoms with E-state index in [1.54, 1.807) is 0 Å². The smallest absolute Gasteiger partial charge is 0.323 e. The summed E-state index contributed by atoms with van der Waals surface area (Å²) in [4.78, 5) is 21.8. The highest BCUT2D eigenvalue weighted by Gasteiger charge is 2.14. The molecule has 0 unspecified atom stereocenters. The van der Waals surface area contributed by atoms with E-state index in [2.05, 4.69) is 10.6 Å². The zero-order chi connectivity index (χ0) is 15.1. The molecule has 1 aromatic rings. The summed E-state index contributed by atoms with van der Waals surface area (Å²) in [6.45, 7) is -0.476. The van der Waals surface area contributed by atoms with Crippen molar-refractivity contribution in [2.24, 2.45) is 0 Å². The van der Waals surface area contributed by atoms with E-state index in [0.29, 0.717) is 22.9 Å². The van der Waals surface area contributed by atoms with Crippen LogP contribution in [0.1, 0.15) is 0 Å². The first-order chi connectivity index (χ1) is 9.51. The van der Waals surface area contributed by atoms with E-state index in [-0.39, 0.29) is 0 Å². The summed E-state index contributed by atoms with van der Waals surface area (Å²) in [7, 11) is 4.37. The number of nitrogens with one attached hydrogen (secondary N) is 2. The van der Waals surface area contributed by atoms with Gasteiger partial charge in [-0.3, -0.25) is 4.79 Å². The number of carbonyl (C=O) groups is 2. The number of hydrogen-bond acceptors (Lipinski definition) is 5. The number of benzene rings is 1. The van der Waals surface area contributed by atoms with Gasteiger partial charge in [0.2, 0.25) is 5.75 Å². The fraction of sp³-hybridized carbons (Fsp3) is 0.333. The maximum Gasteiger partial charge on any atom is 0.323 e. The summed E-state index contributed by atoms with van der Waals surface area (Å²) >= 11 is 0. The van der Waals surface area contributed by atoms with Gasteiger partial charge in [-0.1, -0.05) is 0 Å². The lowest BCUT2D eigenvalue weighted by Crippen LogP contribution is -2.33. The molecule has 0 aromatic heterocycles. The summed E-state index contributed by atoms with van der Waals surface area (Å²) in [6, 6.07) is 2.41. The molecule has 0 aliphatic carbocycles. The Labute approximate surface area is 115 Å². The molecule has 0 radical (unpaired) electrons. The minimum absolute atomic E-state index is 0.375. The summed E-state index contributed by atoms with van der Waals surface area (Å²) in [5, 5.41) is 13.1. The largest absolute Gasteiger partial charge is 0.493 e. The lowest BCUT2D eigenvalue weighted by molar-refractivity contribution is -0.135. The number of anilines is 1. The van der Waals surface area contributed by atoms with Gasteiger partial charge >= 0.3 is 12.0 Å². The third-order valence-electron chi connectivity index (χ3n) is 2.32. The third kappa shape index (κ3) is 3.94. The average molecular weight is 284 g/mol. The molecule has 0 fully saturated rings. The molecular weight excluding hydrogens is 268 g/mol. The monoisotopic (exact) mass is 284 g/mol. The molecule has 8 heteroatoms. The summed E-state index contributed by atoms with van der Waals surface area (Å²) in [5.41, 5.74) is 0.377. The highest BCUT2D eigenvalue weighted by Crippen LogP contribution is 2.39. The molecule has 8 nitrogen and oxygen atoms in total. The number of urea groups is 1. The Kier molecular flexibility index (Phi) is 5.45. The van der Waals surface area contributed by atoms with Gasteiger partial charge in [0.1, 0.15) is 6.54 Å². The van der Waals surface area contributed by atoms with E-state index in [1.807, 2.05) is 0 Å². The van der Waals surface area contributed by atoms with Crippen LogP contribution in [0.5, 0.6) is 17.2 Å². The Hall–Kier alpha value is -2.64. The molecule has 1 rings (SSSR count). The average Bonchev–Trinajstić information content (AvgIpc) is 2.43. The number of carbonyl (C=O) groups excluding carboxylic acids is 1. The molecular formula is C12H16N2O6. The second-order valence-electron chi connectivity index (χ2n) is 3.62. The van der Waals surface area contributed by atoms with Gasteiger partial charge in [0.15, 0.2) is 11.5 Å². The van der Waals surface area contributed by atoms with E-state index in [0.717, 1.165) is 0 Å². The van der Waals surface area contributed by atoms with Gasteiger partial charge in [-0.2, -0.15) is 0 Å². The molecule has 3 N–H and O–H groups in total. The SMILES string of the molecule is COc1cc(NC(=O)NCC(=O)O)cc(OC)c1OC. The first-order valence-electron chi connectivity index (χ1n) is 5.58. The van der Waals surface area contributed by atoms with Gasteiger partial charge in [0.05, 0.1) is 27.0 Å². The van der Waals surface area contributed by atoms with Gasteiger partial charge in [-0.15, -0.1) is 0 Å². The van der Waals surface area contributed by atoms with Gasteiger partial charge < -0.3 is 30.0 Å². The van der Waals surface area contributed by atoms with Crippen molar-refractivity contribution in [2.75, 3.05) is 33.2 Å². The number of hydrogen-bond donors (Lipinski definition) is 3. The van der Waals surface area contributed by atoms with Crippen LogP contribution in [0.4, 0.5) is 10.5 Å². The van der Waals surface area contributed by atoms with Crippen molar-refractivity contribution in [3.63, 3.8) is 0 Å². The molecule has 0 aliphatic heterocycles. The Morgan fingerprint density at radius 1 is 1.10 bits per heavy atom. The standard InChI is InChI=1S/C12H16N2O6/c1-18-8-4-7(5-9(19-2)11(8)20-3)14-12(17)13-6-10(15)16/h4-5H,6H2,1-3H3,(H,15,16)(H2,13,14,17). The van der Waals surface area contributed by atoms with Crippen molar-refractivity contribution in [3.8, 4) is 17.2 Å². The van der Waals surface area contributed by atoms with Crippen molar-refractivity contribution >= 4 is 17.7 Å². The van der Waals surface area contributed by atoms with Gasteiger partial charge in [0.25, 0.3) is 0 Å². The molecule has 0 heterocycles. The van der Waals surface area contributed by atoms with E-state index in [1.165, 1.54) is 33.5 Å². The van der Waals surface area contributed by atoms with Crippen LogP contribution in [0.25, 0.3) is 0 Å². The topological polar surface area (TPSA) is 106 Å². The van der Waals surface area contributed by atoms with Crippen LogP contribution >= 0.6 is 0 Å². The molecule has 1 aromatic carbocycles. The van der Waals surface area contributed by atoms with Gasteiger partial charge in [0, 0.05) is 12.1 Å². The van der Waals surface area contributed by atoms with Crippen molar-refractivity contribution in [3.05, 3.63) is 12.1 Å². The zero-order valence-corrected chi connectivity index (χ0v) is 11.4. The molecule has 110 valence electrons. The normalized spacial score (nSPS) is 9.55. The van der Waals surface area contributed by atoms with E-state index < -0.39 is 18.5 Å². The molecule has 20 heavy (non-hydrogen) atoms. The van der Waals surface area contributed by atoms with Gasteiger partial charge in [-0.05, 0) is 0 Å². The Balaban J connectivity index is 2.90. The Morgan fingerprint density at radius 3 is 2.05 bits per heavy atom.